The summed E-state index contributed by atoms with van der Waals surface area (Å²) in [5.74, 6) is 0.910. The highest BCUT2D eigenvalue weighted by Crippen LogP contribution is 2.37. The Morgan fingerprint density at radius 2 is 1.85 bits per heavy atom. The molecule has 2 amide bonds. The van der Waals surface area contributed by atoms with Crippen molar-refractivity contribution >= 4 is 34.8 Å². The second kappa shape index (κ2) is 10.4. The van der Waals surface area contributed by atoms with Crippen LogP contribution in [0.25, 0.3) is 0 Å². The van der Waals surface area contributed by atoms with Gasteiger partial charge in [0.05, 0.1) is 17.8 Å². The molecule has 33 heavy (non-hydrogen) atoms. The maximum Gasteiger partial charge on any atom is 0.265 e. The number of benzene rings is 1. The molecule has 3 heterocycles. The van der Waals surface area contributed by atoms with Crippen molar-refractivity contribution in [2.75, 3.05) is 52.9 Å². The number of likely N-dealkylation sites (N-methyl/N-ethyl adjacent to an activating group) is 1. The highest BCUT2D eigenvalue weighted by atomic mass is 35.5. The summed E-state index contributed by atoms with van der Waals surface area (Å²) in [6.07, 6.45) is 1.87. The number of hydrogen-bond acceptors (Lipinski definition) is 6. The van der Waals surface area contributed by atoms with Crippen molar-refractivity contribution in [3.63, 3.8) is 0 Å². The molecular weight excluding hydrogens is 460 g/mol. The number of aryl methyl sites for hydroxylation is 1. The second-order valence-electron chi connectivity index (χ2n) is 9.17. The molecule has 2 aliphatic rings. The highest BCUT2D eigenvalue weighted by molar-refractivity contribution is 7.11. The van der Waals surface area contributed by atoms with E-state index in [1.165, 1.54) is 11.3 Å². The van der Waals surface area contributed by atoms with Crippen LogP contribution < -0.4 is 4.74 Å². The predicted octanol–water partition coefficient (Wildman–Crippen LogP) is 3.57. The summed E-state index contributed by atoms with van der Waals surface area (Å²) in [7, 11) is 2.08. The number of nitrogens with zero attached hydrogens (tertiary/aromatic N) is 4. The number of piperidine rings is 1. The van der Waals surface area contributed by atoms with Crippen LogP contribution in [-0.4, -0.2) is 84.4 Å². The quantitative estimate of drug-likeness (QED) is 0.619. The number of piperazine rings is 1. The number of amides is 2. The van der Waals surface area contributed by atoms with Crippen LogP contribution in [0.1, 0.15) is 34.6 Å². The molecule has 0 radical (unpaired) electrons. The number of aromatic nitrogens is 1. The van der Waals surface area contributed by atoms with Crippen LogP contribution in [0.15, 0.2) is 29.8 Å². The average Bonchev–Trinajstić information content (AvgIpc) is 3.24. The topological polar surface area (TPSA) is 66.0 Å². The van der Waals surface area contributed by atoms with E-state index in [4.69, 9.17) is 16.3 Å². The Balaban J connectivity index is 1.45. The maximum atomic E-state index is 13.2. The van der Waals surface area contributed by atoms with Gasteiger partial charge in [-0.15, -0.1) is 11.3 Å². The fraction of sp³-hybridized carbons (Fsp3) is 0.542. The van der Waals surface area contributed by atoms with Crippen LogP contribution in [0, 0.1) is 12.3 Å². The number of thiazole rings is 1. The third kappa shape index (κ3) is 5.86. The van der Waals surface area contributed by atoms with E-state index in [0.717, 1.165) is 44.7 Å². The van der Waals surface area contributed by atoms with Gasteiger partial charge in [-0.3, -0.25) is 9.59 Å². The minimum atomic E-state index is -0.317. The van der Waals surface area contributed by atoms with Gasteiger partial charge in [-0.25, -0.2) is 4.98 Å². The molecule has 0 saturated carbocycles. The van der Waals surface area contributed by atoms with Crippen molar-refractivity contribution in [1.29, 1.82) is 0 Å². The minimum Gasteiger partial charge on any atom is -0.493 e. The molecule has 0 bridgehead atoms. The molecule has 2 aromatic rings. The zero-order chi connectivity index (χ0) is 23.4. The molecule has 0 N–H and O–H groups in total. The molecule has 2 saturated heterocycles. The minimum absolute atomic E-state index is 0.0322. The van der Waals surface area contributed by atoms with Crippen molar-refractivity contribution in [1.82, 2.24) is 19.7 Å². The highest BCUT2D eigenvalue weighted by Gasteiger charge is 2.40. The van der Waals surface area contributed by atoms with Crippen LogP contribution in [0.3, 0.4) is 0 Å². The summed E-state index contributed by atoms with van der Waals surface area (Å²) < 4.78 is 6.15. The van der Waals surface area contributed by atoms with E-state index in [-0.39, 0.29) is 17.2 Å². The first-order valence-electron chi connectivity index (χ1n) is 11.4. The number of halogens is 1. The summed E-state index contributed by atoms with van der Waals surface area (Å²) in [6, 6.07) is 7.35. The summed E-state index contributed by atoms with van der Waals surface area (Å²) in [4.78, 5) is 37.2. The number of rotatable bonds is 6. The van der Waals surface area contributed by atoms with Gasteiger partial charge in [0, 0.05) is 56.1 Å². The molecular formula is C24H31ClN4O3S. The Kier molecular flexibility index (Phi) is 7.56. The number of carbonyl (C=O) groups excluding carboxylic acids is 2. The van der Waals surface area contributed by atoms with Crippen molar-refractivity contribution in [2.24, 2.45) is 5.41 Å². The zero-order valence-electron chi connectivity index (χ0n) is 19.3. The molecule has 2 aliphatic heterocycles. The molecule has 2 fully saturated rings. The van der Waals surface area contributed by atoms with Crippen LogP contribution in [0.5, 0.6) is 5.75 Å². The monoisotopic (exact) mass is 490 g/mol. The van der Waals surface area contributed by atoms with E-state index in [2.05, 4.69) is 16.9 Å². The lowest BCUT2D eigenvalue weighted by molar-refractivity contribution is -0.136. The third-order valence-corrected chi connectivity index (χ3v) is 7.93. The maximum absolute atomic E-state index is 13.2. The third-order valence-electron chi connectivity index (χ3n) is 6.77. The largest absolute Gasteiger partial charge is 0.493 e. The Bertz CT molecular complexity index is 982. The number of likely N-dealkylation sites (tertiary alicyclic amines) is 1. The molecule has 0 unspecified atom stereocenters. The Hall–Kier alpha value is -2.16. The summed E-state index contributed by atoms with van der Waals surface area (Å²) >= 11 is 7.51. The van der Waals surface area contributed by atoms with E-state index in [1.807, 2.05) is 34.9 Å². The number of hydrogen-bond donors (Lipinski definition) is 0. The van der Waals surface area contributed by atoms with Crippen LogP contribution >= 0.6 is 22.9 Å². The zero-order valence-corrected chi connectivity index (χ0v) is 20.8. The van der Waals surface area contributed by atoms with Gasteiger partial charge in [0.15, 0.2) is 0 Å². The van der Waals surface area contributed by atoms with Crippen molar-refractivity contribution in [2.45, 2.75) is 26.2 Å². The fourth-order valence-corrected chi connectivity index (χ4v) is 5.44. The Morgan fingerprint density at radius 1 is 1.12 bits per heavy atom. The Morgan fingerprint density at radius 3 is 2.48 bits per heavy atom. The first kappa shape index (κ1) is 24.0. The van der Waals surface area contributed by atoms with E-state index < -0.39 is 0 Å². The fourth-order valence-electron chi connectivity index (χ4n) is 4.49. The molecule has 0 atom stereocenters. The van der Waals surface area contributed by atoms with Gasteiger partial charge in [-0.2, -0.15) is 0 Å². The first-order valence-corrected chi connectivity index (χ1v) is 12.7. The molecule has 7 nitrogen and oxygen atoms in total. The summed E-state index contributed by atoms with van der Waals surface area (Å²) in [5, 5.41) is 0.621. The normalized spacial score (nSPS) is 18.9. The second-order valence-corrected chi connectivity index (χ2v) is 10.5. The van der Waals surface area contributed by atoms with Crippen molar-refractivity contribution in [3.05, 3.63) is 45.4 Å². The lowest BCUT2D eigenvalue weighted by Gasteiger charge is -2.42. The standard InChI is InChI=1S/C24H31ClN4O3S/c1-18-22(33-17-26-18)23(31)29-8-6-24(7-9-29,16-32-20-5-3-4-19(25)14-20)15-21(30)28-12-10-27(2)11-13-28/h3-5,14,17H,6-13,15-16H2,1-2H3. The number of carbonyl (C=O) groups is 2. The van der Waals surface area contributed by atoms with Crippen molar-refractivity contribution < 1.29 is 14.3 Å². The molecule has 178 valence electrons. The van der Waals surface area contributed by atoms with Crippen molar-refractivity contribution in [3.8, 4) is 5.75 Å². The SMILES string of the molecule is Cc1ncsc1C(=O)N1CCC(COc2cccc(Cl)c2)(CC(=O)N2CCN(C)CC2)CC1. The lowest BCUT2D eigenvalue weighted by atomic mass is 9.75. The van der Waals surface area contributed by atoms with Crippen LogP contribution in [-0.2, 0) is 4.79 Å². The molecule has 0 aliphatic carbocycles. The van der Waals surface area contributed by atoms with Gasteiger partial charge in [-0.05, 0) is 45.0 Å². The Labute approximate surface area is 204 Å². The van der Waals surface area contributed by atoms with E-state index in [9.17, 15) is 9.59 Å². The van der Waals surface area contributed by atoms with E-state index >= 15 is 0 Å². The van der Waals surface area contributed by atoms with Gasteiger partial charge in [0.25, 0.3) is 5.91 Å². The van der Waals surface area contributed by atoms with E-state index in [0.29, 0.717) is 41.8 Å². The van der Waals surface area contributed by atoms with Gasteiger partial charge in [-0.1, -0.05) is 17.7 Å². The van der Waals surface area contributed by atoms with Gasteiger partial charge in [0.2, 0.25) is 5.91 Å². The molecule has 1 aromatic heterocycles. The smallest absolute Gasteiger partial charge is 0.265 e. The van der Waals surface area contributed by atoms with Gasteiger partial charge >= 0.3 is 0 Å². The predicted molar refractivity (Wildman–Crippen MR) is 130 cm³/mol. The summed E-state index contributed by atoms with van der Waals surface area (Å²) in [5.41, 5.74) is 2.17. The van der Waals surface area contributed by atoms with Crippen LogP contribution in [0.4, 0.5) is 0 Å². The molecule has 1 aromatic carbocycles. The summed E-state index contributed by atoms with van der Waals surface area (Å²) in [6.45, 7) is 6.81. The van der Waals surface area contributed by atoms with Gasteiger partial charge in [0.1, 0.15) is 10.6 Å². The van der Waals surface area contributed by atoms with E-state index in [1.54, 1.807) is 11.6 Å². The average molecular weight is 491 g/mol. The van der Waals surface area contributed by atoms with Crippen LogP contribution in [0.2, 0.25) is 5.02 Å². The number of ether oxygens (including phenoxy) is 1. The first-order chi connectivity index (χ1) is 15.8. The molecule has 0 spiro atoms. The van der Waals surface area contributed by atoms with Gasteiger partial charge < -0.3 is 19.4 Å². The lowest BCUT2D eigenvalue weighted by Crippen LogP contribution is -2.51. The molecule has 9 heteroatoms. The molecule has 4 rings (SSSR count).